The predicted octanol–water partition coefficient (Wildman–Crippen LogP) is 4.39. The third kappa shape index (κ3) is 4.89. The zero-order valence-corrected chi connectivity index (χ0v) is 14.7. The van der Waals surface area contributed by atoms with Crippen LogP contribution in [0.15, 0.2) is 18.3 Å². The van der Waals surface area contributed by atoms with Crippen molar-refractivity contribution in [1.29, 1.82) is 0 Å². The van der Waals surface area contributed by atoms with E-state index >= 15 is 0 Å². The number of ether oxygens (including phenoxy) is 1. The quantitative estimate of drug-likeness (QED) is 0.836. The fourth-order valence-electron chi connectivity index (χ4n) is 3.88. The number of carbonyl (C=O) groups excluding carboxylic acids is 1. The Hall–Kier alpha value is -1.79. The molecule has 2 aliphatic carbocycles. The van der Waals surface area contributed by atoms with Gasteiger partial charge in [-0.1, -0.05) is 12.5 Å². The molecule has 1 N–H and O–H groups in total. The van der Waals surface area contributed by atoms with Crippen LogP contribution in [0.1, 0.15) is 56.9 Å². The molecule has 2 saturated carbocycles. The van der Waals surface area contributed by atoms with Crippen LogP contribution in [0.25, 0.3) is 0 Å². The Labute approximate surface area is 151 Å². The molecule has 0 aliphatic heterocycles. The van der Waals surface area contributed by atoms with Crippen molar-refractivity contribution in [2.75, 3.05) is 0 Å². The number of rotatable bonds is 5. The van der Waals surface area contributed by atoms with Crippen molar-refractivity contribution in [3.8, 4) is 5.88 Å². The normalized spacial score (nSPS) is 24.4. The Balaban J connectivity index is 1.56. The van der Waals surface area contributed by atoms with Gasteiger partial charge in [-0.25, -0.2) is 4.98 Å². The van der Waals surface area contributed by atoms with Gasteiger partial charge >= 0.3 is 6.18 Å². The fraction of sp³-hybridized carbons (Fsp3) is 0.684. The summed E-state index contributed by atoms with van der Waals surface area (Å²) < 4.78 is 44.7. The second-order valence-electron chi connectivity index (χ2n) is 7.31. The summed E-state index contributed by atoms with van der Waals surface area (Å²) in [5, 5.41) is 2.78. The van der Waals surface area contributed by atoms with Gasteiger partial charge < -0.3 is 10.1 Å². The van der Waals surface area contributed by atoms with E-state index in [1.807, 2.05) is 6.07 Å². The number of alkyl halides is 3. The van der Waals surface area contributed by atoms with Gasteiger partial charge in [-0.2, -0.15) is 13.2 Å². The molecule has 0 bridgehead atoms. The molecule has 26 heavy (non-hydrogen) atoms. The van der Waals surface area contributed by atoms with Crippen LogP contribution < -0.4 is 10.1 Å². The van der Waals surface area contributed by atoms with Crippen molar-refractivity contribution in [2.45, 2.75) is 70.2 Å². The molecule has 0 aromatic carbocycles. The van der Waals surface area contributed by atoms with E-state index in [4.69, 9.17) is 4.74 Å². The number of hydrogen-bond donors (Lipinski definition) is 1. The highest BCUT2D eigenvalue weighted by atomic mass is 19.4. The molecule has 2 fully saturated rings. The summed E-state index contributed by atoms with van der Waals surface area (Å²) in [6.45, 7) is 0.224. The minimum Gasteiger partial charge on any atom is -0.474 e. The van der Waals surface area contributed by atoms with Gasteiger partial charge in [0.25, 0.3) is 0 Å². The molecule has 7 heteroatoms. The standard InChI is InChI=1S/C19H25F3N2O2/c20-19(21,22)15-7-3-5-13(11-15)17(25)24-12-14-6-4-10-23-18(14)26-16-8-1-2-9-16/h4,6,10,13,15-16H,1-3,5,7-9,11-12H2,(H,24,25). The molecular formula is C19H25F3N2O2. The van der Waals surface area contributed by atoms with E-state index in [1.54, 1.807) is 12.3 Å². The lowest BCUT2D eigenvalue weighted by atomic mass is 9.80. The summed E-state index contributed by atoms with van der Waals surface area (Å²) in [5.74, 6) is -1.75. The molecule has 1 heterocycles. The van der Waals surface area contributed by atoms with Gasteiger partial charge in [0.15, 0.2) is 0 Å². The summed E-state index contributed by atoms with van der Waals surface area (Å²) in [4.78, 5) is 16.6. The van der Waals surface area contributed by atoms with Crippen molar-refractivity contribution in [1.82, 2.24) is 10.3 Å². The van der Waals surface area contributed by atoms with Gasteiger partial charge in [-0.15, -0.1) is 0 Å². The van der Waals surface area contributed by atoms with Crippen molar-refractivity contribution in [3.05, 3.63) is 23.9 Å². The molecule has 2 aliphatic rings. The second-order valence-corrected chi connectivity index (χ2v) is 7.31. The van der Waals surface area contributed by atoms with Crippen LogP contribution in [-0.4, -0.2) is 23.2 Å². The van der Waals surface area contributed by atoms with E-state index in [1.165, 1.54) is 0 Å². The van der Waals surface area contributed by atoms with Gasteiger partial charge in [0.2, 0.25) is 11.8 Å². The third-order valence-electron chi connectivity index (χ3n) is 5.39. The van der Waals surface area contributed by atoms with Crippen molar-refractivity contribution in [3.63, 3.8) is 0 Å². The third-order valence-corrected chi connectivity index (χ3v) is 5.39. The first-order valence-corrected chi connectivity index (χ1v) is 9.38. The number of hydrogen-bond acceptors (Lipinski definition) is 3. The highest BCUT2D eigenvalue weighted by Crippen LogP contribution is 2.40. The molecule has 0 saturated heterocycles. The summed E-state index contributed by atoms with van der Waals surface area (Å²) in [5.41, 5.74) is 0.760. The van der Waals surface area contributed by atoms with E-state index in [9.17, 15) is 18.0 Å². The van der Waals surface area contributed by atoms with E-state index in [-0.39, 0.29) is 31.4 Å². The van der Waals surface area contributed by atoms with E-state index < -0.39 is 18.0 Å². The van der Waals surface area contributed by atoms with Crippen molar-refractivity contribution >= 4 is 5.91 Å². The molecule has 4 nitrogen and oxygen atoms in total. The van der Waals surface area contributed by atoms with Crippen LogP contribution in [0, 0.1) is 11.8 Å². The van der Waals surface area contributed by atoms with Crippen molar-refractivity contribution < 1.29 is 22.7 Å². The lowest BCUT2D eigenvalue weighted by Crippen LogP contribution is -2.37. The number of carbonyl (C=O) groups is 1. The van der Waals surface area contributed by atoms with Crippen LogP contribution in [0.3, 0.4) is 0 Å². The summed E-state index contributed by atoms with van der Waals surface area (Å²) in [6, 6.07) is 3.60. The first kappa shape index (κ1) is 19.0. The minimum atomic E-state index is -4.22. The molecule has 1 aromatic rings. The molecule has 1 amide bonds. The number of aromatic nitrogens is 1. The number of amides is 1. The van der Waals surface area contributed by atoms with Gasteiger partial charge in [-0.3, -0.25) is 4.79 Å². The molecular weight excluding hydrogens is 345 g/mol. The summed E-state index contributed by atoms with van der Waals surface area (Å²) in [6.07, 6.45) is 2.83. The maximum absolute atomic E-state index is 12.9. The molecule has 3 rings (SSSR count). The zero-order chi connectivity index (χ0) is 18.6. The fourth-order valence-corrected chi connectivity index (χ4v) is 3.88. The van der Waals surface area contributed by atoms with E-state index in [2.05, 4.69) is 10.3 Å². The zero-order valence-electron chi connectivity index (χ0n) is 14.7. The SMILES string of the molecule is O=C(NCc1cccnc1OC1CCCC1)C1CCCC(C(F)(F)F)C1. The highest BCUT2D eigenvalue weighted by molar-refractivity contribution is 5.78. The maximum atomic E-state index is 12.9. The second kappa shape index (κ2) is 8.27. The van der Waals surface area contributed by atoms with Gasteiger partial charge in [0.05, 0.1) is 5.92 Å². The van der Waals surface area contributed by atoms with Crippen LogP contribution in [0.2, 0.25) is 0 Å². The number of nitrogens with one attached hydrogen (secondary N) is 1. The molecule has 0 spiro atoms. The number of pyridine rings is 1. The van der Waals surface area contributed by atoms with Crippen LogP contribution in [0.5, 0.6) is 5.88 Å². The lowest BCUT2D eigenvalue weighted by molar-refractivity contribution is -0.186. The Kier molecular flexibility index (Phi) is 6.04. The Morgan fingerprint density at radius 2 is 1.96 bits per heavy atom. The smallest absolute Gasteiger partial charge is 0.391 e. The highest BCUT2D eigenvalue weighted by Gasteiger charge is 2.43. The first-order valence-electron chi connectivity index (χ1n) is 9.38. The maximum Gasteiger partial charge on any atom is 0.391 e. The minimum absolute atomic E-state index is 0.117. The average molecular weight is 370 g/mol. The molecule has 0 radical (unpaired) electrons. The largest absolute Gasteiger partial charge is 0.474 e. The Morgan fingerprint density at radius 3 is 2.69 bits per heavy atom. The topological polar surface area (TPSA) is 51.2 Å². The molecule has 144 valence electrons. The van der Waals surface area contributed by atoms with E-state index in [0.717, 1.165) is 31.2 Å². The van der Waals surface area contributed by atoms with Crippen LogP contribution >= 0.6 is 0 Å². The predicted molar refractivity (Wildman–Crippen MR) is 90.5 cm³/mol. The van der Waals surface area contributed by atoms with Gasteiger partial charge in [0.1, 0.15) is 6.10 Å². The van der Waals surface area contributed by atoms with Crippen molar-refractivity contribution in [2.24, 2.45) is 11.8 Å². The Bertz CT molecular complexity index is 615. The number of nitrogens with zero attached hydrogens (tertiary/aromatic N) is 1. The summed E-state index contributed by atoms with van der Waals surface area (Å²) >= 11 is 0. The van der Waals surface area contributed by atoms with Gasteiger partial charge in [-0.05, 0) is 51.0 Å². The molecule has 2 unspecified atom stereocenters. The first-order chi connectivity index (χ1) is 12.4. The summed E-state index contributed by atoms with van der Waals surface area (Å²) in [7, 11) is 0. The number of halogens is 3. The van der Waals surface area contributed by atoms with E-state index in [0.29, 0.717) is 18.7 Å². The molecule has 1 aromatic heterocycles. The van der Waals surface area contributed by atoms with Crippen LogP contribution in [0.4, 0.5) is 13.2 Å². The average Bonchev–Trinajstić information content (AvgIpc) is 3.13. The molecule has 2 atom stereocenters. The Morgan fingerprint density at radius 1 is 1.19 bits per heavy atom. The monoisotopic (exact) mass is 370 g/mol. The lowest BCUT2D eigenvalue weighted by Gasteiger charge is -2.29. The van der Waals surface area contributed by atoms with Crippen LogP contribution in [-0.2, 0) is 11.3 Å². The van der Waals surface area contributed by atoms with Gasteiger partial charge in [0, 0.05) is 24.2 Å².